The van der Waals surface area contributed by atoms with Crippen molar-refractivity contribution in [3.05, 3.63) is 65.4 Å². The van der Waals surface area contributed by atoms with Crippen molar-refractivity contribution in [2.45, 2.75) is 26.9 Å². The summed E-state index contributed by atoms with van der Waals surface area (Å²) in [6.07, 6.45) is 11.0. The van der Waals surface area contributed by atoms with Gasteiger partial charge in [0, 0.05) is 11.5 Å². The number of hydrogen-bond acceptors (Lipinski definition) is 2. The van der Waals surface area contributed by atoms with Crippen LogP contribution in [0.3, 0.4) is 0 Å². The minimum Gasteiger partial charge on any atom is -1.00 e. The van der Waals surface area contributed by atoms with E-state index in [1.807, 2.05) is 23.5 Å². The van der Waals surface area contributed by atoms with Gasteiger partial charge in [0.05, 0.1) is 0 Å². The summed E-state index contributed by atoms with van der Waals surface area (Å²) in [5.41, 5.74) is 5.40. The zero-order chi connectivity index (χ0) is 17.9. The van der Waals surface area contributed by atoms with Crippen LogP contribution in [0.4, 0.5) is 0 Å². The molecule has 0 aromatic rings. The first-order chi connectivity index (χ1) is 11.3. The molecule has 2 heterocycles. The third-order valence-electron chi connectivity index (χ3n) is 3.10. The monoisotopic (exact) mass is 828 g/mol. The van der Waals surface area contributed by atoms with Crippen molar-refractivity contribution in [3.8, 4) is 0 Å². The fourth-order valence-electron chi connectivity index (χ4n) is 2.19. The van der Waals surface area contributed by atoms with Crippen LogP contribution in [0.25, 0.3) is 0 Å². The molecule has 0 bridgehead atoms. The van der Waals surface area contributed by atoms with Crippen LogP contribution in [0.2, 0.25) is 13.1 Å². The number of rotatable bonds is 0. The van der Waals surface area contributed by atoms with Gasteiger partial charge in [-0.3, -0.25) is 0 Å². The molecule has 2 aliphatic carbocycles. The van der Waals surface area contributed by atoms with Gasteiger partial charge >= 0.3 is 41.9 Å². The zero-order valence-corrected chi connectivity index (χ0v) is 27.5. The smallest absolute Gasteiger partial charge is 1.00 e. The van der Waals surface area contributed by atoms with Crippen molar-refractivity contribution in [2.75, 3.05) is 11.5 Å². The Morgan fingerprint density at radius 3 is 1.46 bits per heavy atom. The van der Waals surface area contributed by atoms with Crippen molar-refractivity contribution < 1.29 is 71.3 Å². The topological polar surface area (TPSA) is 0 Å². The Hall–Kier alpha value is 2.66. The molecule has 2 aliphatic heterocycles. The van der Waals surface area contributed by atoms with Gasteiger partial charge in [-0.2, -0.15) is 34.4 Å². The molecule has 0 fully saturated rings. The summed E-state index contributed by atoms with van der Waals surface area (Å²) in [5.74, 6) is 2.17. The zero-order valence-electron chi connectivity index (χ0n) is 14.9. The van der Waals surface area contributed by atoms with Gasteiger partial charge in [0.1, 0.15) is 0 Å². The van der Waals surface area contributed by atoms with Crippen LogP contribution in [-0.2, 0) is 23.3 Å². The first kappa shape index (κ1) is 28.7. The molecule has 0 nitrogen and oxygen atoms in total. The standard InChI is InChI=1S/2C8H6BrS.C2H6Si.2HI.Zr/c2*1-5-2-6-7(9)4-10-8(6)3-5;1-3-2;;;/h2*2H,4H2,1H3;1-2H3;2*1H;/q2*-1;;;;+2/p-2. The van der Waals surface area contributed by atoms with E-state index in [4.69, 9.17) is 0 Å². The average Bonchev–Trinajstić information content (AvgIpc) is 3.18. The first-order valence-corrected chi connectivity index (χ1v) is 17.2. The van der Waals surface area contributed by atoms with E-state index < -0.39 is 0 Å². The molecule has 4 aliphatic rings. The van der Waals surface area contributed by atoms with E-state index in [1.165, 1.54) is 41.1 Å². The van der Waals surface area contributed by atoms with Gasteiger partial charge in [-0.1, -0.05) is 54.7 Å². The Morgan fingerprint density at radius 1 is 0.885 bits per heavy atom. The third kappa shape index (κ3) is 8.80. The van der Waals surface area contributed by atoms with Gasteiger partial charge in [0.15, 0.2) is 0 Å². The Bertz CT molecular complexity index is 703. The third-order valence-corrected chi connectivity index (χ3v) is 7.35. The molecule has 140 valence electrons. The second-order valence-corrected chi connectivity index (χ2v) is 19.0. The molecular formula is C18H18Br2I2S2SiZr-2. The van der Waals surface area contributed by atoms with Crippen molar-refractivity contribution in [2.24, 2.45) is 0 Å². The first-order valence-electron chi connectivity index (χ1n) is 7.48. The molecule has 0 saturated carbocycles. The van der Waals surface area contributed by atoms with Crippen LogP contribution >= 0.6 is 55.4 Å². The maximum absolute atomic E-state index is 3.53. The van der Waals surface area contributed by atoms with E-state index in [1.54, 1.807) is 23.3 Å². The molecule has 0 aromatic carbocycles. The van der Waals surface area contributed by atoms with Gasteiger partial charge < -0.3 is 48.0 Å². The van der Waals surface area contributed by atoms with Crippen molar-refractivity contribution in [3.63, 3.8) is 0 Å². The molecule has 8 heteroatoms. The molecule has 0 saturated heterocycles. The Labute approximate surface area is 232 Å². The molecule has 0 N–H and O–H groups in total. The quantitative estimate of drug-likeness (QED) is 0.202. The second kappa shape index (κ2) is 13.9. The molecule has 0 radical (unpaired) electrons. The Kier molecular flexibility index (Phi) is 15.3. The van der Waals surface area contributed by atoms with E-state index in [9.17, 15) is 0 Å². The van der Waals surface area contributed by atoms with Crippen molar-refractivity contribution in [1.82, 2.24) is 0 Å². The van der Waals surface area contributed by atoms with Crippen molar-refractivity contribution >= 4 is 60.8 Å². The van der Waals surface area contributed by atoms with Crippen LogP contribution in [-0.4, -0.2) is 16.9 Å². The van der Waals surface area contributed by atoms with Gasteiger partial charge in [0.25, 0.3) is 0 Å². The number of allylic oxidation sites excluding steroid dienone is 8. The van der Waals surface area contributed by atoms with Crippen LogP contribution in [0.15, 0.2) is 53.2 Å². The molecular weight excluding hydrogens is 813 g/mol. The van der Waals surface area contributed by atoms with E-state index >= 15 is 0 Å². The molecule has 0 unspecified atom stereocenters. The summed E-state index contributed by atoms with van der Waals surface area (Å²) in [6.45, 7) is 8.78. The van der Waals surface area contributed by atoms with Crippen LogP contribution in [0.5, 0.6) is 0 Å². The van der Waals surface area contributed by atoms with Gasteiger partial charge in [-0.05, 0) is 0 Å². The average molecular weight is 831 g/mol. The fourth-order valence-corrected chi connectivity index (χ4v) is 5.76. The van der Waals surface area contributed by atoms with Gasteiger partial charge in [0.2, 0.25) is 0 Å². The number of hydrogen-bond donors (Lipinski definition) is 0. The molecule has 0 spiro atoms. The molecule has 0 aromatic heterocycles. The summed E-state index contributed by atoms with van der Waals surface area (Å²) in [7, 11) is 0. The minimum absolute atomic E-state index is 0. The maximum Gasteiger partial charge on any atom is -1.00 e. The molecule has 26 heavy (non-hydrogen) atoms. The summed E-state index contributed by atoms with van der Waals surface area (Å²) < 4.78 is 2.63. The molecule has 0 amide bonds. The summed E-state index contributed by atoms with van der Waals surface area (Å²) in [6, 6.07) is 0. The van der Waals surface area contributed by atoms with Crippen molar-refractivity contribution in [1.29, 1.82) is 0 Å². The predicted molar refractivity (Wildman–Crippen MR) is 115 cm³/mol. The number of fused-ring (bicyclic) bond motifs is 2. The molecule has 4 rings (SSSR count). The van der Waals surface area contributed by atoms with Crippen LogP contribution in [0, 0.1) is 12.2 Å². The number of thioether (sulfide) groups is 2. The summed E-state index contributed by atoms with van der Waals surface area (Å²) in [5, 5.41) is 0. The second-order valence-electron chi connectivity index (χ2n) is 5.78. The summed E-state index contributed by atoms with van der Waals surface area (Å²) >= 11 is 12.5. The largest absolute Gasteiger partial charge is 1.00 e. The Morgan fingerprint density at radius 2 is 1.19 bits per heavy atom. The van der Waals surface area contributed by atoms with E-state index in [0.29, 0.717) is 0 Å². The van der Waals surface area contributed by atoms with E-state index in [0.717, 1.165) is 11.5 Å². The normalized spacial score (nSPS) is 18.8. The van der Waals surface area contributed by atoms with Crippen LogP contribution in [0.1, 0.15) is 13.8 Å². The SMILES string of the molecule is CC1=CC2=C(Br)CSC2=[C-]1.CC1=CC2=C(Br)CSC2=[C-]1.C[Si](C)=[Zr+2].[I-].[I-]. The van der Waals surface area contributed by atoms with Gasteiger partial charge in [-0.15, -0.1) is 33.3 Å². The van der Waals surface area contributed by atoms with E-state index in [2.05, 4.69) is 83.1 Å². The fraction of sp³-hybridized carbons (Fsp3) is 0.333. The minimum atomic E-state index is 0. The van der Waals surface area contributed by atoms with E-state index in [-0.39, 0.29) is 53.4 Å². The molecule has 0 atom stereocenters. The van der Waals surface area contributed by atoms with Gasteiger partial charge in [-0.25, -0.2) is 12.2 Å². The Balaban J connectivity index is 0.000000378. The predicted octanol–water partition coefficient (Wildman–Crippen LogP) is 0.851. The maximum atomic E-state index is 3.53. The number of halogens is 4. The summed E-state index contributed by atoms with van der Waals surface area (Å²) in [4.78, 5) is 2.62. The van der Waals surface area contributed by atoms with Crippen LogP contribution < -0.4 is 48.0 Å².